The van der Waals surface area contributed by atoms with Crippen LogP contribution in [0.15, 0.2) is 16.8 Å². The summed E-state index contributed by atoms with van der Waals surface area (Å²) in [6.07, 6.45) is 3.48. The Morgan fingerprint density at radius 2 is 2.11 bits per heavy atom. The van der Waals surface area contributed by atoms with Crippen molar-refractivity contribution < 1.29 is 9.59 Å². The first-order valence-electron chi connectivity index (χ1n) is 10.3. The van der Waals surface area contributed by atoms with E-state index in [2.05, 4.69) is 29.4 Å². The van der Waals surface area contributed by atoms with Crippen molar-refractivity contribution in [3.05, 3.63) is 22.4 Å². The van der Waals surface area contributed by atoms with Crippen molar-refractivity contribution in [2.45, 2.75) is 45.1 Å². The lowest BCUT2D eigenvalue weighted by atomic mass is 9.75. The zero-order valence-corrected chi connectivity index (χ0v) is 17.3. The molecule has 1 aromatic heterocycles. The molecule has 4 rings (SSSR count). The highest BCUT2D eigenvalue weighted by Crippen LogP contribution is 2.44. The molecule has 0 saturated carbocycles. The summed E-state index contributed by atoms with van der Waals surface area (Å²) >= 11 is 1.64. The van der Waals surface area contributed by atoms with E-state index in [1.54, 1.807) is 11.3 Å². The number of likely N-dealkylation sites (tertiary alicyclic amines) is 2. The van der Waals surface area contributed by atoms with Crippen LogP contribution in [0.2, 0.25) is 0 Å². The SMILES string of the molecule is CC(C)CCN1C[C@H]2C(=O)NC3(CCN(C(=O)Cc4ccsc4)CC3)[C@H]2C1. The molecule has 0 bridgehead atoms. The summed E-state index contributed by atoms with van der Waals surface area (Å²) in [7, 11) is 0. The topological polar surface area (TPSA) is 52.7 Å². The van der Waals surface area contributed by atoms with E-state index in [1.807, 2.05) is 16.3 Å². The van der Waals surface area contributed by atoms with Crippen LogP contribution in [-0.4, -0.2) is 59.9 Å². The van der Waals surface area contributed by atoms with Crippen molar-refractivity contribution in [2.24, 2.45) is 17.8 Å². The number of piperidine rings is 1. The number of rotatable bonds is 5. The highest BCUT2D eigenvalue weighted by atomic mass is 32.1. The number of amides is 2. The van der Waals surface area contributed by atoms with Crippen LogP contribution in [0.4, 0.5) is 0 Å². The number of carbonyl (C=O) groups is 2. The van der Waals surface area contributed by atoms with Crippen LogP contribution in [0.25, 0.3) is 0 Å². The fourth-order valence-electron chi connectivity index (χ4n) is 5.10. The number of hydrogen-bond acceptors (Lipinski definition) is 4. The number of carbonyl (C=O) groups excluding carboxylic acids is 2. The summed E-state index contributed by atoms with van der Waals surface area (Å²) in [5.41, 5.74) is 1.02. The van der Waals surface area contributed by atoms with E-state index in [0.717, 1.165) is 51.1 Å². The molecular formula is C21H31N3O2S. The maximum atomic E-state index is 12.6. The molecule has 5 nitrogen and oxygen atoms in total. The largest absolute Gasteiger partial charge is 0.350 e. The molecule has 3 saturated heterocycles. The summed E-state index contributed by atoms with van der Waals surface area (Å²) in [6.45, 7) is 9.07. The smallest absolute Gasteiger partial charge is 0.227 e. The van der Waals surface area contributed by atoms with Crippen LogP contribution >= 0.6 is 11.3 Å². The molecule has 0 aliphatic carbocycles. The maximum absolute atomic E-state index is 12.6. The minimum atomic E-state index is -0.0898. The van der Waals surface area contributed by atoms with Gasteiger partial charge in [0.15, 0.2) is 0 Å². The molecule has 3 aliphatic rings. The number of thiophene rings is 1. The van der Waals surface area contributed by atoms with E-state index in [-0.39, 0.29) is 23.3 Å². The zero-order chi connectivity index (χ0) is 19.0. The number of nitrogens with zero attached hydrogens (tertiary/aromatic N) is 2. The van der Waals surface area contributed by atoms with Crippen LogP contribution < -0.4 is 5.32 Å². The van der Waals surface area contributed by atoms with Gasteiger partial charge in [0.1, 0.15) is 0 Å². The van der Waals surface area contributed by atoms with Crippen LogP contribution in [-0.2, 0) is 16.0 Å². The summed E-state index contributed by atoms with van der Waals surface area (Å²) < 4.78 is 0. The summed E-state index contributed by atoms with van der Waals surface area (Å²) in [5.74, 6) is 1.71. The van der Waals surface area contributed by atoms with E-state index in [0.29, 0.717) is 18.3 Å². The molecule has 4 heterocycles. The second-order valence-corrected chi connectivity index (χ2v) is 9.77. The van der Waals surface area contributed by atoms with Crippen molar-refractivity contribution in [1.82, 2.24) is 15.1 Å². The van der Waals surface area contributed by atoms with Gasteiger partial charge in [0.25, 0.3) is 0 Å². The molecule has 1 aromatic rings. The number of fused-ring (bicyclic) bond motifs is 2. The Morgan fingerprint density at radius 1 is 1.33 bits per heavy atom. The molecule has 0 radical (unpaired) electrons. The van der Waals surface area contributed by atoms with Gasteiger partial charge in [0.2, 0.25) is 11.8 Å². The lowest BCUT2D eigenvalue weighted by Crippen LogP contribution is -2.56. The molecule has 2 amide bonds. The third-order valence-corrected chi connectivity index (χ3v) is 7.51. The summed E-state index contributed by atoms with van der Waals surface area (Å²) in [5, 5.41) is 7.43. The molecule has 1 spiro atoms. The normalized spacial score (nSPS) is 27.4. The fourth-order valence-corrected chi connectivity index (χ4v) is 5.76. The van der Waals surface area contributed by atoms with E-state index in [9.17, 15) is 9.59 Å². The van der Waals surface area contributed by atoms with E-state index in [4.69, 9.17) is 0 Å². The quantitative estimate of drug-likeness (QED) is 0.841. The molecule has 3 fully saturated rings. The lowest BCUT2D eigenvalue weighted by Gasteiger charge is -2.43. The average molecular weight is 390 g/mol. The Hall–Kier alpha value is -1.40. The van der Waals surface area contributed by atoms with Gasteiger partial charge in [-0.1, -0.05) is 13.8 Å². The Bertz CT molecular complexity index is 680. The summed E-state index contributed by atoms with van der Waals surface area (Å²) in [6, 6.07) is 2.03. The van der Waals surface area contributed by atoms with Crippen LogP contribution in [0, 0.1) is 17.8 Å². The molecular weight excluding hydrogens is 358 g/mol. The Morgan fingerprint density at radius 3 is 2.78 bits per heavy atom. The van der Waals surface area contributed by atoms with Gasteiger partial charge in [-0.05, 0) is 54.1 Å². The summed E-state index contributed by atoms with van der Waals surface area (Å²) in [4.78, 5) is 29.7. The van der Waals surface area contributed by atoms with Gasteiger partial charge in [0.05, 0.1) is 12.3 Å². The first-order chi connectivity index (χ1) is 13.0. The van der Waals surface area contributed by atoms with Crippen molar-refractivity contribution in [3.63, 3.8) is 0 Å². The van der Waals surface area contributed by atoms with Crippen LogP contribution in [0.3, 0.4) is 0 Å². The average Bonchev–Trinajstić information content (AvgIpc) is 3.34. The molecule has 3 aliphatic heterocycles. The van der Waals surface area contributed by atoms with Gasteiger partial charge < -0.3 is 15.1 Å². The zero-order valence-electron chi connectivity index (χ0n) is 16.4. The first kappa shape index (κ1) is 18.9. The number of nitrogens with one attached hydrogen (secondary N) is 1. The molecule has 0 unspecified atom stereocenters. The van der Waals surface area contributed by atoms with Gasteiger partial charge in [-0.15, -0.1) is 0 Å². The van der Waals surface area contributed by atoms with E-state index < -0.39 is 0 Å². The second kappa shape index (κ2) is 7.55. The molecule has 27 heavy (non-hydrogen) atoms. The van der Waals surface area contributed by atoms with Gasteiger partial charge in [0, 0.05) is 37.6 Å². The number of hydrogen-bond donors (Lipinski definition) is 1. The third kappa shape index (κ3) is 3.79. The molecule has 0 aromatic carbocycles. The highest BCUT2D eigenvalue weighted by molar-refractivity contribution is 7.08. The monoisotopic (exact) mass is 389 g/mol. The standard InChI is InChI=1S/C21H31N3O2S/c1-15(2)3-7-23-12-17-18(13-23)21(22-20(17)26)5-8-24(9-6-21)19(25)11-16-4-10-27-14-16/h4,10,14-15,17-18H,3,5-9,11-13H2,1-2H3,(H,22,26)/t17-,18+/m1/s1. The molecule has 6 heteroatoms. The lowest BCUT2D eigenvalue weighted by molar-refractivity contribution is -0.132. The predicted octanol–water partition coefficient (Wildman–Crippen LogP) is 2.38. The first-order valence-corrected chi connectivity index (χ1v) is 11.2. The van der Waals surface area contributed by atoms with Crippen molar-refractivity contribution >= 4 is 23.2 Å². The fraction of sp³-hybridized carbons (Fsp3) is 0.714. The second-order valence-electron chi connectivity index (χ2n) is 8.99. The molecule has 2 atom stereocenters. The third-order valence-electron chi connectivity index (χ3n) is 6.78. The predicted molar refractivity (Wildman–Crippen MR) is 108 cm³/mol. The van der Waals surface area contributed by atoms with Gasteiger partial charge >= 0.3 is 0 Å². The minimum absolute atomic E-state index is 0.0898. The Labute approximate surface area is 166 Å². The van der Waals surface area contributed by atoms with Crippen molar-refractivity contribution in [1.29, 1.82) is 0 Å². The Kier molecular flexibility index (Phi) is 5.30. The molecule has 148 valence electrons. The van der Waals surface area contributed by atoms with Crippen molar-refractivity contribution in [2.75, 3.05) is 32.7 Å². The van der Waals surface area contributed by atoms with E-state index >= 15 is 0 Å². The highest BCUT2D eigenvalue weighted by Gasteiger charge is 2.57. The van der Waals surface area contributed by atoms with Crippen LogP contribution in [0.5, 0.6) is 0 Å². The van der Waals surface area contributed by atoms with Crippen molar-refractivity contribution in [3.8, 4) is 0 Å². The van der Waals surface area contributed by atoms with E-state index in [1.165, 1.54) is 6.42 Å². The Balaban J connectivity index is 1.36. The van der Waals surface area contributed by atoms with Gasteiger partial charge in [-0.25, -0.2) is 0 Å². The maximum Gasteiger partial charge on any atom is 0.227 e. The van der Waals surface area contributed by atoms with Gasteiger partial charge in [-0.3, -0.25) is 9.59 Å². The molecule has 1 N–H and O–H groups in total. The minimum Gasteiger partial charge on any atom is -0.350 e. The van der Waals surface area contributed by atoms with Crippen LogP contribution in [0.1, 0.15) is 38.7 Å². The van der Waals surface area contributed by atoms with Gasteiger partial charge in [-0.2, -0.15) is 11.3 Å².